The van der Waals surface area contributed by atoms with Crippen LogP contribution in [0.15, 0.2) is 12.1 Å². The minimum Gasteiger partial charge on any atom is -0.355 e. The van der Waals surface area contributed by atoms with Crippen LogP contribution in [0, 0.1) is 0 Å². The molecule has 2 rings (SSSR count). The highest BCUT2D eigenvalue weighted by Crippen LogP contribution is 2.50. The molecule has 1 fully saturated rings. The van der Waals surface area contributed by atoms with E-state index in [-0.39, 0.29) is 23.8 Å². The predicted molar refractivity (Wildman–Crippen MR) is 48.7 cm³/mol. The van der Waals surface area contributed by atoms with Gasteiger partial charge in [-0.1, -0.05) is 11.6 Å². The van der Waals surface area contributed by atoms with Crippen molar-refractivity contribution in [2.75, 3.05) is 5.32 Å². The molecule has 0 bridgehead atoms. The number of rotatable bonds is 2. The number of anilines is 1. The van der Waals surface area contributed by atoms with Gasteiger partial charge in [-0.05, 0) is 25.0 Å². The largest absolute Gasteiger partial charge is 0.411 e. The van der Waals surface area contributed by atoms with Gasteiger partial charge in [0.25, 0.3) is 0 Å². The fraction of sp³-hybridized carbons (Fsp3) is 0.500. The highest BCUT2D eigenvalue weighted by atomic mass is 35.5. The topological polar surface area (TPSA) is 37.8 Å². The van der Waals surface area contributed by atoms with E-state index in [1.165, 1.54) is 12.1 Å². The summed E-state index contributed by atoms with van der Waals surface area (Å²) < 4.78 is 37.6. The van der Waals surface area contributed by atoms with E-state index in [1.54, 1.807) is 0 Å². The lowest BCUT2D eigenvalue weighted by Gasteiger charge is -2.20. The second-order valence-electron chi connectivity index (χ2n) is 3.45. The van der Waals surface area contributed by atoms with E-state index in [9.17, 15) is 13.2 Å². The second-order valence-corrected chi connectivity index (χ2v) is 3.83. The van der Waals surface area contributed by atoms with Crippen LogP contribution in [-0.4, -0.2) is 21.9 Å². The van der Waals surface area contributed by atoms with E-state index in [0.717, 1.165) is 0 Å². The number of alkyl halides is 3. The Morgan fingerprint density at radius 1 is 1.27 bits per heavy atom. The van der Waals surface area contributed by atoms with E-state index >= 15 is 0 Å². The predicted octanol–water partition coefficient (Wildman–Crippen LogP) is 2.64. The van der Waals surface area contributed by atoms with Crippen LogP contribution in [0.5, 0.6) is 0 Å². The Morgan fingerprint density at radius 2 is 1.93 bits per heavy atom. The van der Waals surface area contributed by atoms with Gasteiger partial charge in [-0.15, -0.1) is 10.2 Å². The Hall–Kier alpha value is -1.04. The van der Waals surface area contributed by atoms with Gasteiger partial charge >= 0.3 is 6.18 Å². The number of nitrogens with one attached hydrogen (secondary N) is 1. The van der Waals surface area contributed by atoms with Crippen molar-refractivity contribution >= 4 is 17.4 Å². The standard InChI is InChI=1S/C8H7ClF3N3/c9-5-1-2-6(15-14-5)13-7(3-4-7)8(10,11)12/h1-2H,3-4H2,(H,13,15). The summed E-state index contributed by atoms with van der Waals surface area (Å²) in [5.41, 5.74) is -1.81. The molecule has 0 aliphatic heterocycles. The van der Waals surface area contributed by atoms with Crippen LogP contribution in [0.3, 0.4) is 0 Å². The summed E-state index contributed by atoms with van der Waals surface area (Å²) in [6.07, 6.45) is -4.12. The first kappa shape index (κ1) is 10.5. The molecular weight excluding hydrogens is 231 g/mol. The van der Waals surface area contributed by atoms with E-state index in [0.29, 0.717) is 0 Å². The maximum atomic E-state index is 12.5. The van der Waals surface area contributed by atoms with E-state index < -0.39 is 11.7 Å². The highest BCUT2D eigenvalue weighted by Gasteiger charge is 2.63. The SMILES string of the molecule is FC(F)(F)C1(Nc2ccc(Cl)nn2)CC1. The molecule has 1 aliphatic rings. The normalized spacial score (nSPS) is 18.7. The molecule has 1 aliphatic carbocycles. The summed E-state index contributed by atoms with van der Waals surface area (Å²) in [7, 11) is 0. The van der Waals surface area contributed by atoms with Crippen LogP contribution >= 0.6 is 11.6 Å². The molecule has 0 atom stereocenters. The molecule has 1 aromatic heterocycles. The first-order valence-corrected chi connectivity index (χ1v) is 4.65. The van der Waals surface area contributed by atoms with Gasteiger partial charge in [-0.2, -0.15) is 13.2 Å². The van der Waals surface area contributed by atoms with E-state index in [1.807, 2.05) is 0 Å². The number of hydrogen-bond acceptors (Lipinski definition) is 3. The Bertz CT molecular complexity index is 358. The number of hydrogen-bond donors (Lipinski definition) is 1. The van der Waals surface area contributed by atoms with Gasteiger partial charge < -0.3 is 5.32 Å². The number of nitrogens with zero attached hydrogens (tertiary/aromatic N) is 2. The molecule has 1 heterocycles. The summed E-state index contributed by atoms with van der Waals surface area (Å²) >= 11 is 5.46. The smallest absolute Gasteiger partial charge is 0.355 e. The van der Waals surface area contributed by atoms with Crippen molar-refractivity contribution in [2.24, 2.45) is 0 Å². The minimum atomic E-state index is -4.26. The summed E-state index contributed by atoms with van der Waals surface area (Å²) in [5, 5.41) is 9.47. The molecule has 1 saturated carbocycles. The Morgan fingerprint density at radius 3 is 2.33 bits per heavy atom. The zero-order valence-corrected chi connectivity index (χ0v) is 8.23. The van der Waals surface area contributed by atoms with Crippen molar-refractivity contribution < 1.29 is 13.2 Å². The molecule has 0 amide bonds. The summed E-state index contributed by atoms with van der Waals surface area (Å²) in [5.74, 6) is 0.0919. The molecule has 0 aromatic carbocycles. The average Bonchev–Trinajstić information content (AvgIpc) is 2.89. The van der Waals surface area contributed by atoms with Gasteiger partial charge in [-0.3, -0.25) is 0 Å². The molecular formula is C8H7ClF3N3. The third-order valence-corrected chi connectivity index (χ3v) is 2.49. The molecule has 0 radical (unpaired) electrons. The molecule has 7 heteroatoms. The maximum absolute atomic E-state index is 12.5. The van der Waals surface area contributed by atoms with Crippen molar-refractivity contribution in [3.05, 3.63) is 17.3 Å². The molecule has 82 valence electrons. The lowest BCUT2D eigenvalue weighted by Crippen LogP contribution is -2.38. The van der Waals surface area contributed by atoms with Gasteiger partial charge in [0.2, 0.25) is 0 Å². The van der Waals surface area contributed by atoms with Crippen LogP contribution in [-0.2, 0) is 0 Å². The summed E-state index contributed by atoms with van der Waals surface area (Å²) in [6.45, 7) is 0. The third-order valence-electron chi connectivity index (χ3n) is 2.29. The quantitative estimate of drug-likeness (QED) is 0.859. The van der Waals surface area contributed by atoms with Crippen LogP contribution in [0.1, 0.15) is 12.8 Å². The van der Waals surface area contributed by atoms with E-state index in [2.05, 4.69) is 15.5 Å². The van der Waals surface area contributed by atoms with Crippen LogP contribution in [0.25, 0.3) is 0 Å². The van der Waals surface area contributed by atoms with Crippen molar-refractivity contribution in [1.82, 2.24) is 10.2 Å². The van der Waals surface area contributed by atoms with Crippen molar-refractivity contribution in [1.29, 1.82) is 0 Å². The zero-order valence-electron chi connectivity index (χ0n) is 7.48. The van der Waals surface area contributed by atoms with Gasteiger partial charge in [0.15, 0.2) is 5.15 Å². The minimum absolute atomic E-state index is 0.0702. The van der Waals surface area contributed by atoms with Gasteiger partial charge in [0, 0.05) is 0 Å². The molecule has 3 nitrogen and oxygen atoms in total. The first-order chi connectivity index (χ1) is 6.93. The Balaban J connectivity index is 2.13. The Labute approximate surface area is 88.6 Å². The van der Waals surface area contributed by atoms with Crippen LogP contribution in [0.4, 0.5) is 19.0 Å². The fourth-order valence-electron chi connectivity index (χ4n) is 1.23. The van der Waals surface area contributed by atoms with Crippen molar-refractivity contribution in [3.8, 4) is 0 Å². The lowest BCUT2D eigenvalue weighted by atomic mass is 10.2. The Kier molecular flexibility index (Phi) is 2.26. The van der Waals surface area contributed by atoms with Crippen LogP contribution in [0.2, 0.25) is 5.15 Å². The van der Waals surface area contributed by atoms with Gasteiger partial charge in [-0.25, -0.2) is 0 Å². The van der Waals surface area contributed by atoms with E-state index in [4.69, 9.17) is 11.6 Å². The molecule has 0 unspecified atom stereocenters. The zero-order chi connectivity index (χ0) is 11.1. The summed E-state index contributed by atoms with van der Waals surface area (Å²) in [6, 6.07) is 2.77. The molecule has 0 spiro atoms. The second kappa shape index (κ2) is 3.23. The number of halogens is 4. The van der Waals surface area contributed by atoms with Crippen molar-refractivity contribution in [3.63, 3.8) is 0 Å². The third kappa shape index (κ3) is 1.99. The van der Waals surface area contributed by atoms with Gasteiger partial charge in [0.05, 0.1) is 0 Å². The monoisotopic (exact) mass is 237 g/mol. The molecule has 0 saturated heterocycles. The lowest BCUT2D eigenvalue weighted by molar-refractivity contribution is -0.151. The maximum Gasteiger partial charge on any atom is 0.411 e. The van der Waals surface area contributed by atoms with Gasteiger partial charge in [0.1, 0.15) is 11.4 Å². The first-order valence-electron chi connectivity index (χ1n) is 4.27. The molecule has 1 aromatic rings. The average molecular weight is 238 g/mol. The van der Waals surface area contributed by atoms with Crippen molar-refractivity contribution in [2.45, 2.75) is 24.6 Å². The highest BCUT2D eigenvalue weighted by molar-refractivity contribution is 6.29. The molecule has 15 heavy (non-hydrogen) atoms. The van der Waals surface area contributed by atoms with Crippen LogP contribution < -0.4 is 5.32 Å². The summed E-state index contributed by atoms with van der Waals surface area (Å²) in [4.78, 5) is 0. The fourth-order valence-corrected chi connectivity index (χ4v) is 1.33. The number of aromatic nitrogens is 2. The molecule has 1 N–H and O–H groups in total.